The van der Waals surface area contributed by atoms with Crippen LogP contribution in [-0.4, -0.2) is 39.5 Å². The summed E-state index contributed by atoms with van der Waals surface area (Å²) >= 11 is 3.17. The first-order valence-electron chi connectivity index (χ1n) is 7.84. The molecule has 0 aliphatic carbocycles. The quantitative estimate of drug-likeness (QED) is 0.570. The molecule has 0 radical (unpaired) electrons. The zero-order valence-electron chi connectivity index (χ0n) is 14.6. The maximum Gasteiger partial charge on any atom is 0.430 e. The largest absolute Gasteiger partial charge is 0.430 e. The standard InChI is InChI=1S/C17H20BrN3O4S.ClH/c1-19-11-12-21(13-14-7-3-2-4-8-14)17(22)25-20-26(23,24)16-10-6-5-9-15(16)18;/h2-10,19-20H,11-13H2,1H3;1H. The Labute approximate surface area is 173 Å². The summed E-state index contributed by atoms with van der Waals surface area (Å²) in [5.74, 6) is 0. The van der Waals surface area contributed by atoms with Crippen LogP contribution in [0.4, 0.5) is 4.79 Å². The van der Waals surface area contributed by atoms with Gasteiger partial charge < -0.3 is 15.1 Å². The van der Waals surface area contributed by atoms with E-state index in [1.54, 1.807) is 25.2 Å². The number of carbonyl (C=O) groups is 1. The fourth-order valence-electron chi connectivity index (χ4n) is 2.15. The highest BCUT2D eigenvalue weighted by Crippen LogP contribution is 2.20. The molecule has 0 aliphatic heterocycles. The third-order valence-electron chi connectivity index (χ3n) is 3.47. The normalized spacial score (nSPS) is 10.7. The van der Waals surface area contributed by atoms with E-state index in [-0.39, 0.29) is 17.3 Å². The number of nitrogens with zero attached hydrogens (tertiary/aromatic N) is 1. The number of benzene rings is 2. The third-order valence-corrected chi connectivity index (χ3v) is 5.66. The summed E-state index contributed by atoms with van der Waals surface area (Å²) in [5, 5.41) is 2.95. The summed E-state index contributed by atoms with van der Waals surface area (Å²) in [6.07, 6.45) is -0.778. The van der Waals surface area contributed by atoms with Crippen LogP contribution in [-0.2, 0) is 21.4 Å². The molecule has 0 aromatic heterocycles. The molecule has 10 heteroatoms. The molecule has 2 aromatic rings. The van der Waals surface area contributed by atoms with Gasteiger partial charge in [0.25, 0.3) is 10.0 Å². The fourth-order valence-corrected chi connectivity index (χ4v) is 3.93. The molecule has 0 atom stereocenters. The summed E-state index contributed by atoms with van der Waals surface area (Å²) in [6, 6.07) is 15.6. The molecule has 0 fully saturated rings. The van der Waals surface area contributed by atoms with Crippen LogP contribution < -0.4 is 10.2 Å². The van der Waals surface area contributed by atoms with E-state index in [0.717, 1.165) is 5.56 Å². The highest BCUT2D eigenvalue weighted by Gasteiger charge is 2.22. The third kappa shape index (κ3) is 7.11. The predicted octanol–water partition coefficient (Wildman–Crippen LogP) is 2.92. The molecule has 0 unspecified atom stereocenters. The molecule has 0 spiro atoms. The second-order valence-corrected chi connectivity index (χ2v) is 7.86. The number of halogens is 2. The Hall–Kier alpha value is -1.65. The first kappa shape index (κ1) is 23.4. The Kier molecular flexibility index (Phi) is 9.75. The van der Waals surface area contributed by atoms with Crippen molar-refractivity contribution in [3.05, 3.63) is 64.6 Å². The lowest BCUT2D eigenvalue weighted by Gasteiger charge is -2.22. The van der Waals surface area contributed by atoms with Crippen molar-refractivity contribution in [2.75, 3.05) is 20.1 Å². The molecule has 0 saturated carbocycles. The minimum Gasteiger partial charge on any atom is -0.338 e. The van der Waals surface area contributed by atoms with Crippen LogP contribution >= 0.6 is 28.3 Å². The van der Waals surface area contributed by atoms with Gasteiger partial charge in [0.15, 0.2) is 0 Å². The Morgan fingerprint density at radius 3 is 2.37 bits per heavy atom. The number of hydrogen-bond acceptors (Lipinski definition) is 5. The van der Waals surface area contributed by atoms with Crippen molar-refractivity contribution < 1.29 is 18.0 Å². The zero-order valence-corrected chi connectivity index (χ0v) is 17.8. The summed E-state index contributed by atoms with van der Waals surface area (Å²) in [4.78, 5) is 20.5. The van der Waals surface area contributed by atoms with Gasteiger partial charge in [-0.2, -0.15) is 0 Å². The van der Waals surface area contributed by atoms with Crippen molar-refractivity contribution in [1.29, 1.82) is 0 Å². The summed E-state index contributed by atoms with van der Waals surface area (Å²) < 4.78 is 25.0. The van der Waals surface area contributed by atoms with Crippen LogP contribution in [0.3, 0.4) is 0 Å². The minimum absolute atomic E-state index is 0. The molecule has 2 rings (SSSR count). The van der Waals surface area contributed by atoms with E-state index < -0.39 is 16.1 Å². The van der Waals surface area contributed by atoms with E-state index in [0.29, 0.717) is 24.1 Å². The van der Waals surface area contributed by atoms with Gasteiger partial charge in [-0.3, -0.25) is 0 Å². The van der Waals surface area contributed by atoms with Crippen LogP contribution in [0.15, 0.2) is 64.0 Å². The first-order valence-corrected chi connectivity index (χ1v) is 10.1. The van der Waals surface area contributed by atoms with Gasteiger partial charge in [-0.05, 0) is 45.6 Å². The molecule has 27 heavy (non-hydrogen) atoms. The van der Waals surface area contributed by atoms with Gasteiger partial charge in [-0.15, -0.1) is 12.4 Å². The van der Waals surface area contributed by atoms with Crippen LogP contribution in [0.2, 0.25) is 0 Å². The smallest absolute Gasteiger partial charge is 0.338 e. The van der Waals surface area contributed by atoms with E-state index >= 15 is 0 Å². The van der Waals surface area contributed by atoms with Crippen LogP contribution in [0, 0.1) is 0 Å². The number of amides is 1. The molecule has 0 heterocycles. The average Bonchev–Trinajstić information content (AvgIpc) is 2.64. The lowest BCUT2D eigenvalue weighted by atomic mass is 10.2. The summed E-state index contributed by atoms with van der Waals surface area (Å²) in [5.41, 5.74) is 0.911. The van der Waals surface area contributed by atoms with Crippen molar-refractivity contribution in [2.45, 2.75) is 11.4 Å². The Bertz CT molecular complexity index is 837. The van der Waals surface area contributed by atoms with Crippen molar-refractivity contribution in [3.63, 3.8) is 0 Å². The van der Waals surface area contributed by atoms with Crippen molar-refractivity contribution >= 4 is 44.5 Å². The molecule has 2 N–H and O–H groups in total. The number of nitrogens with one attached hydrogen (secondary N) is 2. The SMILES string of the molecule is CNCCN(Cc1ccccc1)C(=O)ONS(=O)(=O)c1ccccc1Br.Cl. The van der Waals surface area contributed by atoms with Gasteiger partial charge in [0.05, 0.1) is 4.90 Å². The summed E-state index contributed by atoms with van der Waals surface area (Å²) in [7, 11) is -2.23. The number of rotatable bonds is 8. The van der Waals surface area contributed by atoms with Gasteiger partial charge in [0.2, 0.25) is 0 Å². The topological polar surface area (TPSA) is 87.7 Å². The highest BCUT2D eigenvalue weighted by atomic mass is 79.9. The van der Waals surface area contributed by atoms with Crippen molar-refractivity contribution in [3.8, 4) is 0 Å². The van der Waals surface area contributed by atoms with E-state index in [9.17, 15) is 13.2 Å². The van der Waals surface area contributed by atoms with E-state index in [4.69, 9.17) is 4.84 Å². The maximum atomic E-state index is 12.4. The lowest BCUT2D eigenvalue weighted by Crippen LogP contribution is -2.40. The Balaban J connectivity index is 0.00000364. The van der Waals surface area contributed by atoms with Gasteiger partial charge >= 0.3 is 6.09 Å². The molecular formula is C17H21BrClN3O4S. The van der Waals surface area contributed by atoms with Crippen LogP contribution in [0.1, 0.15) is 5.56 Å². The molecule has 2 aromatic carbocycles. The molecular weight excluding hydrogens is 458 g/mol. The molecule has 1 amide bonds. The van der Waals surface area contributed by atoms with Crippen LogP contribution in [0.25, 0.3) is 0 Å². The van der Waals surface area contributed by atoms with Gasteiger partial charge in [-0.1, -0.05) is 42.5 Å². The van der Waals surface area contributed by atoms with Gasteiger partial charge in [0, 0.05) is 24.1 Å². The predicted molar refractivity (Wildman–Crippen MR) is 109 cm³/mol. The monoisotopic (exact) mass is 477 g/mol. The average molecular weight is 479 g/mol. The highest BCUT2D eigenvalue weighted by molar-refractivity contribution is 9.10. The summed E-state index contributed by atoms with van der Waals surface area (Å²) in [6.45, 7) is 1.21. The second kappa shape index (κ2) is 11.3. The van der Waals surface area contributed by atoms with E-state index in [1.165, 1.54) is 11.0 Å². The van der Waals surface area contributed by atoms with Crippen LogP contribution in [0.5, 0.6) is 0 Å². The molecule has 7 nitrogen and oxygen atoms in total. The molecule has 148 valence electrons. The minimum atomic E-state index is -4.00. The fraction of sp³-hybridized carbons (Fsp3) is 0.235. The van der Waals surface area contributed by atoms with Gasteiger partial charge in [-0.25, -0.2) is 13.2 Å². The van der Waals surface area contributed by atoms with Crippen molar-refractivity contribution in [1.82, 2.24) is 15.1 Å². The zero-order chi connectivity index (χ0) is 19.0. The maximum absolute atomic E-state index is 12.4. The Morgan fingerprint density at radius 1 is 1.11 bits per heavy atom. The van der Waals surface area contributed by atoms with Gasteiger partial charge in [0.1, 0.15) is 0 Å². The number of sulfonamides is 1. The lowest BCUT2D eigenvalue weighted by molar-refractivity contribution is 0.0815. The molecule has 0 aliphatic rings. The number of carbonyl (C=O) groups excluding carboxylic acids is 1. The molecule has 0 saturated heterocycles. The van der Waals surface area contributed by atoms with E-state index in [1.807, 2.05) is 35.2 Å². The van der Waals surface area contributed by atoms with E-state index in [2.05, 4.69) is 21.2 Å². The molecule has 0 bridgehead atoms. The first-order chi connectivity index (χ1) is 12.4. The number of hydrogen-bond donors (Lipinski definition) is 2. The Morgan fingerprint density at radius 2 is 1.74 bits per heavy atom. The second-order valence-electron chi connectivity index (χ2n) is 5.40. The van der Waals surface area contributed by atoms with Crippen molar-refractivity contribution in [2.24, 2.45) is 0 Å². The number of likely N-dealkylation sites (N-methyl/N-ethyl adjacent to an activating group) is 1.